The van der Waals surface area contributed by atoms with Crippen molar-refractivity contribution in [3.05, 3.63) is 35.4 Å². The molecule has 3 heteroatoms. The Hall–Kier alpha value is -1.35. The minimum absolute atomic E-state index is 0.0168. The van der Waals surface area contributed by atoms with Crippen LogP contribution < -0.4 is 10.6 Å². The van der Waals surface area contributed by atoms with Gasteiger partial charge in [0.25, 0.3) is 5.91 Å². The van der Waals surface area contributed by atoms with Crippen LogP contribution in [0.2, 0.25) is 0 Å². The van der Waals surface area contributed by atoms with Crippen molar-refractivity contribution < 1.29 is 4.79 Å². The topological polar surface area (TPSA) is 41.1 Å². The van der Waals surface area contributed by atoms with Crippen molar-refractivity contribution in [3.8, 4) is 0 Å². The predicted octanol–water partition coefficient (Wildman–Crippen LogP) is 1.51. The fourth-order valence-electron chi connectivity index (χ4n) is 2.21. The van der Waals surface area contributed by atoms with Crippen LogP contribution in [0.15, 0.2) is 24.3 Å². The van der Waals surface area contributed by atoms with Gasteiger partial charge in [0.2, 0.25) is 0 Å². The van der Waals surface area contributed by atoms with Gasteiger partial charge in [-0.2, -0.15) is 0 Å². The van der Waals surface area contributed by atoms with Gasteiger partial charge in [-0.1, -0.05) is 12.1 Å². The molecule has 2 rings (SSSR count). The number of amides is 1. The van der Waals surface area contributed by atoms with Crippen LogP contribution in [0.3, 0.4) is 0 Å². The van der Waals surface area contributed by atoms with Crippen LogP contribution in [0.25, 0.3) is 0 Å². The molecule has 0 atom stereocenters. The lowest BCUT2D eigenvalue weighted by Gasteiger charge is -2.23. The minimum Gasteiger partial charge on any atom is -0.355 e. The molecule has 3 nitrogen and oxygen atoms in total. The summed E-state index contributed by atoms with van der Waals surface area (Å²) in [5.74, 6) is 0.636. The van der Waals surface area contributed by atoms with Crippen molar-refractivity contribution in [2.24, 2.45) is 0 Å². The summed E-state index contributed by atoms with van der Waals surface area (Å²) in [5.41, 5.74) is 2.09. The number of hydrogen-bond acceptors (Lipinski definition) is 2. The van der Waals surface area contributed by atoms with Crippen LogP contribution in [-0.4, -0.2) is 26.0 Å². The summed E-state index contributed by atoms with van der Waals surface area (Å²) in [7, 11) is 1.66. The quantitative estimate of drug-likeness (QED) is 0.790. The van der Waals surface area contributed by atoms with E-state index in [4.69, 9.17) is 0 Å². The highest BCUT2D eigenvalue weighted by molar-refractivity contribution is 5.93. The van der Waals surface area contributed by atoms with Crippen molar-refractivity contribution in [3.63, 3.8) is 0 Å². The summed E-state index contributed by atoms with van der Waals surface area (Å²) in [5, 5.41) is 5.99. The Morgan fingerprint density at radius 2 is 1.88 bits per heavy atom. The van der Waals surface area contributed by atoms with E-state index in [0.717, 1.165) is 18.7 Å². The number of benzene rings is 1. The molecule has 0 bridgehead atoms. The Balaban J connectivity index is 2.09. The monoisotopic (exact) mass is 218 g/mol. The highest BCUT2D eigenvalue weighted by Crippen LogP contribution is 2.25. The standard InChI is InChI=1S/C13H18N2O/c1-14-13(16)12-4-2-10(3-5-12)11-6-8-15-9-7-11/h2-5,11,15H,6-9H2,1H3,(H,14,16). The van der Waals surface area contributed by atoms with Gasteiger partial charge in [0.05, 0.1) is 0 Å². The third-order valence-corrected chi connectivity index (χ3v) is 3.21. The maximum absolute atomic E-state index is 11.4. The summed E-state index contributed by atoms with van der Waals surface area (Å²) < 4.78 is 0. The molecule has 1 aliphatic heterocycles. The van der Waals surface area contributed by atoms with E-state index in [0.29, 0.717) is 5.92 Å². The van der Waals surface area contributed by atoms with Gasteiger partial charge in [-0.25, -0.2) is 0 Å². The van der Waals surface area contributed by atoms with Crippen molar-refractivity contribution in [2.45, 2.75) is 18.8 Å². The second-order valence-corrected chi connectivity index (χ2v) is 4.23. The van der Waals surface area contributed by atoms with E-state index in [9.17, 15) is 4.79 Å². The molecule has 16 heavy (non-hydrogen) atoms. The third-order valence-electron chi connectivity index (χ3n) is 3.21. The van der Waals surface area contributed by atoms with E-state index in [1.165, 1.54) is 18.4 Å². The van der Waals surface area contributed by atoms with Crippen molar-refractivity contribution in [1.29, 1.82) is 0 Å². The molecule has 0 aliphatic carbocycles. The lowest BCUT2D eigenvalue weighted by Crippen LogP contribution is -2.26. The predicted molar refractivity (Wildman–Crippen MR) is 64.7 cm³/mol. The van der Waals surface area contributed by atoms with E-state index in [1.807, 2.05) is 12.1 Å². The van der Waals surface area contributed by atoms with Gasteiger partial charge < -0.3 is 10.6 Å². The van der Waals surface area contributed by atoms with Gasteiger partial charge in [0.1, 0.15) is 0 Å². The third kappa shape index (κ3) is 2.42. The first-order valence-corrected chi connectivity index (χ1v) is 5.84. The molecule has 86 valence electrons. The molecule has 0 spiro atoms. The molecule has 0 saturated carbocycles. The number of piperidine rings is 1. The molecule has 0 unspecified atom stereocenters. The minimum atomic E-state index is -0.0168. The molecule has 1 fully saturated rings. The second-order valence-electron chi connectivity index (χ2n) is 4.23. The Morgan fingerprint density at radius 3 is 2.44 bits per heavy atom. The van der Waals surface area contributed by atoms with Crippen LogP contribution in [0.4, 0.5) is 0 Å². The molecule has 1 aromatic rings. The number of carbonyl (C=O) groups excluding carboxylic acids is 1. The van der Waals surface area contributed by atoms with Gasteiger partial charge >= 0.3 is 0 Å². The van der Waals surface area contributed by atoms with Gasteiger partial charge in [-0.3, -0.25) is 4.79 Å². The number of nitrogens with one attached hydrogen (secondary N) is 2. The molecule has 2 N–H and O–H groups in total. The summed E-state index contributed by atoms with van der Waals surface area (Å²) in [6.07, 6.45) is 2.39. The normalized spacial score (nSPS) is 17.1. The molecule has 1 aromatic carbocycles. The first kappa shape index (κ1) is 11.1. The first-order valence-electron chi connectivity index (χ1n) is 5.84. The van der Waals surface area contributed by atoms with E-state index < -0.39 is 0 Å². The lowest BCUT2D eigenvalue weighted by molar-refractivity contribution is 0.0963. The largest absolute Gasteiger partial charge is 0.355 e. The zero-order valence-electron chi connectivity index (χ0n) is 9.62. The maximum Gasteiger partial charge on any atom is 0.251 e. The van der Waals surface area contributed by atoms with Gasteiger partial charge in [0.15, 0.2) is 0 Å². The molecule has 0 aromatic heterocycles. The Labute approximate surface area is 96.2 Å². The zero-order valence-corrected chi connectivity index (χ0v) is 9.62. The van der Waals surface area contributed by atoms with Crippen LogP contribution in [0.5, 0.6) is 0 Å². The second kappa shape index (κ2) is 5.12. The average molecular weight is 218 g/mol. The number of carbonyl (C=O) groups is 1. The fourth-order valence-corrected chi connectivity index (χ4v) is 2.21. The smallest absolute Gasteiger partial charge is 0.251 e. The van der Waals surface area contributed by atoms with E-state index in [2.05, 4.69) is 22.8 Å². The Morgan fingerprint density at radius 1 is 1.25 bits per heavy atom. The van der Waals surface area contributed by atoms with E-state index in [1.54, 1.807) is 7.05 Å². The van der Waals surface area contributed by atoms with Crippen molar-refractivity contribution in [2.75, 3.05) is 20.1 Å². The fraction of sp³-hybridized carbons (Fsp3) is 0.462. The highest BCUT2D eigenvalue weighted by atomic mass is 16.1. The number of hydrogen-bond donors (Lipinski definition) is 2. The van der Waals surface area contributed by atoms with Gasteiger partial charge in [-0.05, 0) is 49.5 Å². The molecule has 0 radical (unpaired) electrons. The summed E-state index contributed by atoms with van der Waals surface area (Å²) in [6, 6.07) is 7.99. The Bertz CT molecular complexity index is 353. The SMILES string of the molecule is CNC(=O)c1ccc(C2CCNCC2)cc1. The molecule has 1 heterocycles. The van der Waals surface area contributed by atoms with E-state index in [-0.39, 0.29) is 5.91 Å². The zero-order chi connectivity index (χ0) is 11.4. The van der Waals surface area contributed by atoms with Crippen molar-refractivity contribution >= 4 is 5.91 Å². The van der Waals surface area contributed by atoms with Gasteiger partial charge in [-0.15, -0.1) is 0 Å². The van der Waals surface area contributed by atoms with Gasteiger partial charge in [0, 0.05) is 12.6 Å². The van der Waals surface area contributed by atoms with E-state index >= 15 is 0 Å². The maximum atomic E-state index is 11.4. The van der Waals surface area contributed by atoms with Crippen LogP contribution >= 0.6 is 0 Å². The highest BCUT2D eigenvalue weighted by Gasteiger charge is 2.15. The Kier molecular flexibility index (Phi) is 3.57. The molecular formula is C13H18N2O. The average Bonchev–Trinajstić information content (AvgIpc) is 2.39. The number of rotatable bonds is 2. The van der Waals surface area contributed by atoms with Crippen LogP contribution in [-0.2, 0) is 0 Å². The van der Waals surface area contributed by atoms with Crippen LogP contribution in [0.1, 0.15) is 34.7 Å². The molecule has 1 aliphatic rings. The lowest BCUT2D eigenvalue weighted by atomic mass is 9.90. The first-order chi connectivity index (χ1) is 7.81. The summed E-state index contributed by atoms with van der Waals surface area (Å²) >= 11 is 0. The molecule has 1 amide bonds. The molecular weight excluding hydrogens is 200 g/mol. The van der Waals surface area contributed by atoms with Crippen LogP contribution in [0, 0.1) is 0 Å². The van der Waals surface area contributed by atoms with Crippen molar-refractivity contribution in [1.82, 2.24) is 10.6 Å². The molecule has 1 saturated heterocycles. The summed E-state index contributed by atoms with van der Waals surface area (Å²) in [6.45, 7) is 2.20. The summed E-state index contributed by atoms with van der Waals surface area (Å²) in [4.78, 5) is 11.4.